The highest BCUT2D eigenvalue weighted by molar-refractivity contribution is 9.10. The maximum absolute atomic E-state index is 12.0. The average Bonchev–Trinajstić information content (AvgIpc) is 2.75. The van der Waals surface area contributed by atoms with Crippen LogP contribution >= 0.6 is 31.9 Å². The molecule has 158 valence electrons. The Kier molecular flexibility index (Phi) is 8.98. The van der Waals surface area contributed by atoms with Crippen LogP contribution in [-0.4, -0.2) is 35.4 Å². The van der Waals surface area contributed by atoms with Crippen molar-refractivity contribution >= 4 is 43.8 Å². The summed E-state index contributed by atoms with van der Waals surface area (Å²) in [5.41, 5.74) is 0.701. The van der Waals surface area contributed by atoms with Crippen molar-refractivity contribution < 1.29 is 29.3 Å². The monoisotopic (exact) mass is 538 g/mol. The molecule has 0 radical (unpaired) electrons. The smallest absolute Gasteiger partial charge is 0.336 e. The van der Waals surface area contributed by atoms with Crippen molar-refractivity contribution in [1.82, 2.24) is 0 Å². The van der Waals surface area contributed by atoms with Crippen LogP contribution in [-0.2, 0) is 19.1 Å². The van der Waals surface area contributed by atoms with Gasteiger partial charge in [-0.3, -0.25) is 0 Å². The van der Waals surface area contributed by atoms with Gasteiger partial charge in [-0.05, 0) is 35.4 Å². The molecular formula is C22H20Br2O6. The second kappa shape index (κ2) is 11.2. The van der Waals surface area contributed by atoms with E-state index in [9.17, 15) is 19.8 Å². The molecule has 0 aliphatic heterocycles. The number of hydrogen-bond donors (Lipinski definition) is 2. The number of aliphatic hydroxyl groups is 2. The van der Waals surface area contributed by atoms with E-state index in [4.69, 9.17) is 9.47 Å². The Labute approximate surface area is 191 Å². The third-order valence-corrected chi connectivity index (χ3v) is 5.16. The minimum atomic E-state index is -1.21. The summed E-state index contributed by atoms with van der Waals surface area (Å²) < 4.78 is 11.6. The van der Waals surface area contributed by atoms with Gasteiger partial charge >= 0.3 is 11.9 Å². The lowest BCUT2D eigenvalue weighted by Crippen LogP contribution is -2.19. The summed E-state index contributed by atoms with van der Waals surface area (Å²) >= 11 is 6.58. The molecule has 0 spiro atoms. The number of esters is 2. The van der Waals surface area contributed by atoms with E-state index in [0.29, 0.717) is 11.1 Å². The van der Waals surface area contributed by atoms with E-state index in [1.54, 1.807) is 48.5 Å². The van der Waals surface area contributed by atoms with E-state index >= 15 is 0 Å². The normalized spacial score (nSPS) is 12.5. The Morgan fingerprint density at radius 2 is 1.03 bits per heavy atom. The summed E-state index contributed by atoms with van der Waals surface area (Å²) in [6.07, 6.45) is -2.43. The highest BCUT2D eigenvalue weighted by Crippen LogP contribution is 2.24. The fourth-order valence-electron chi connectivity index (χ4n) is 2.37. The fourth-order valence-corrected chi connectivity index (χ4v) is 2.90. The predicted octanol–water partition coefficient (Wildman–Crippen LogP) is 4.18. The second-order valence-corrected chi connectivity index (χ2v) is 8.06. The first-order chi connectivity index (χ1) is 14.2. The van der Waals surface area contributed by atoms with Crippen molar-refractivity contribution in [3.8, 4) is 0 Å². The lowest BCUT2D eigenvalue weighted by molar-refractivity contribution is -0.148. The summed E-state index contributed by atoms with van der Waals surface area (Å²) in [6, 6.07) is 13.5. The molecule has 2 unspecified atom stereocenters. The zero-order valence-electron chi connectivity index (χ0n) is 15.9. The van der Waals surface area contributed by atoms with Crippen molar-refractivity contribution in [2.45, 2.75) is 12.2 Å². The molecule has 30 heavy (non-hydrogen) atoms. The molecule has 0 aliphatic carbocycles. The van der Waals surface area contributed by atoms with Crippen LogP contribution in [0.2, 0.25) is 0 Å². The lowest BCUT2D eigenvalue weighted by Gasteiger charge is -2.15. The summed E-state index contributed by atoms with van der Waals surface area (Å²) in [5, 5.41) is 20.4. The molecule has 0 aliphatic rings. The van der Waals surface area contributed by atoms with Crippen molar-refractivity contribution in [3.63, 3.8) is 0 Å². The second-order valence-electron chi connectivity index (χ2n) is 6.23. The quantitative estimate of drug-likeness (QED) is 0.282. The maximum Gasteiger partial charge on any atom is 0.336 e. The minimum Gasteiger partial charge on any atom is -0.459 e. The SMILES string of the molecule is C=C(C(=O)OCCOC(=O)C(=C)C(O)c1ccc(Br)cc1)C(O)c1ccc(Br)cc1. The minimum absolute atomic E-state index is 0.140. The molecular weight excluding hydrogens is 520 g/mol. The van der Waals surface area contributed by atoms with Gasteiger partial charge in [0.1, 0.15) is 25.4 Å². The molecule has 0 saturated carbocycles. The van der Waals surface area contributed by atoms with Gasteiger partial charge in [-0.15, -0.1) is 0 Å². The molecule has 0 amide bonds. The Bertz CT molecular complexity index is 844. The van der Waals surface area contributed by atoms with Gasteiger partial charge in [-0.2, -0.15) is 0 Å². The molecule has 8 heteroatoms. The highest BCUT2D eigenvalue weighted by Gasteiger charge is 2.21. The molecule has 2 N–H and O–H groups in total. The zero-order chi connectivity index (χ0) is 22.3. The topological polar surface area (TPSA) is 93.1 Å². The van der Waals surface area contributed by atoms with Crippen LogP contribution in [0.3, 0.4) is 0 Å². The van der Waals surface area contributed by atoms with E-state index < -0.39 is 24.1 Å². The Morgan fingerprint density at radius 3 is 1.33 bits per heavy atom. The number of carbonyl (C=O) groups excluding carboxylic acids is 2. The van der Waals surface area contributed by atoms with Gasteiger partial charge in [-0.25, -0.2) is 9.59 Å². The van der Waals surface area contributed by atoms with E-state index in [1.807, 2.05) is 0 Å². The van der Waals surface area contributed by atoms with Gasteiger partial charge in [0, 0.05) is 8.95 Å². The predicted molar refractivity (Wildman–Crippen MR) is 118 cm³/mol. The zero-order valence-corrected chi connectivity index (χ0v) is 19.1. The number of aliphatic hydroxyl groups excluding tert-OH is 2. The maximum atomic E-state index is 12.0. The van der Waals surface area contributed by atoms with Crippen LogP contribution < -0.4 is 0 Å². The van der Waals surface area contributed by atoms with Gasteiger partial charge in [0.2, 0.25) is 0 Å². The molecule has 2 aromatic carbocycles. The van der Waals surface area contributed by atoms with E-state index in [1.165, 1.54) is 0 Å². The van der Waals surface area contributed by atoms with E-state index in [2.05, 4.69) is 45.0 Å². The highest BCUT2D eigenvalue weighted by atomic mass is 79.9. The Morgan fingerprint density at radius 1 is 0.733 bits per heavy atom. The summed E-state index contributed by atoms with van der Waals surface area (Å²) in [6.45, 7) is 6.65. The molecule has 2 atom stereocenters. The van der Waals surface area contributed by atoms with Gasteiger partial charge in [-0.1, -0.05) is 69.3 Å². The molecule has 0 saturated heterocycles. The first-order valence-electron chi connectivity index (χ1n) is 8.79. The molecule has 2 rings (SSSR count). The number of ether oxygens (including phenoxy) is 2. The third kappa shape index (κ3) is 6.63. The summed E-state index contributed by atoms with van der Waals surface area (Å²) in [5.74, 6) is -1.62. The first-order valence-corrected chi connectivity index (χ1v) is 10.4. The molecule has 2 aromatic rings. The van der Waals surface area contributed by atoms with Gasteiger partial charge in [0.05, 0.1) is 11.1 Å². The molecule has 0 aromatic heterocycles. The molecule has 6 nitrogen and oxygen atoms in total. The largest absolute Gasteiger partial charge is 0.459 e. The standard InChI is InChI=1S/C22H20Br2O6/c1-13(19(25)15-3-7-17(23)8-4-15)21(27)29-11-12-30-22(28)14(2)20(26)16-5-9-18(24)10-6-16/h3-10,19-20,25-26H,1-2,11-12H2. The number of rotatable bonds is 9. The average molecular weight is 540 g/mol. The van der Waals surface area contributed by atoms with Gasteiger partial charge in [0.25, 0.3) is 0 Å². The van der Waals surface area contributed by atoms with Crippen LogP contribution in [0, 0.1) is 0 Å². The summed E-state index contributed by atoms with van der Waals surface area (Å²) in [4.78, 5) is 24.1. The third-order valence-electron chi connectivity index (χ3n) is 4.11. The molecule has 0 fully saturated rings. The number of hydrogen-bond acceptors (Lipinski definition) is 6. The number of carbonyl (C=O) groups is 2. The van der Waals surface area contributed by atoms with Gasteiger partial charge in [0.15, 0.2) is 0 Å². The lowest BCUT2D eigenvalue weighted by atomic mass is 10.0. The van der Waals surface area contributed by atoms with Gasteiger partial charge < -0.3 is 19.7 Å². The Hall–Kier alpha value is -2.26. The van der Waals surface area contributed by atoms with Crippen molar-refractivity contribution in [3.05, 3.63) is 92.9 Å². The van der Waals surface area contributed by atoms with E-state index in [-0.39, 0.29) is 24.4 Å². The van der Waals surface area contributed by atoms with Crippen molar-refractivity contribution in [1.29, 1.82) is 0 Å². The number of halogens is 2. The van der Waals surface area contributed by atoms with Crippen molar-refractivity contribution in [2.24, 2.45) is 0 Å². The molecule has 0 bridgehead atoms. The van der Waals surface area contributed by atoms with Crippen LogP contribution in [0.15, 0.2) is 81.8 Å². The van der Waals surface area contributed by atoms with Crippen LogP contribution in [0.1, 0.15) is 23.3 Å². The summed E-state index contributed by atoms with van der Waals surface area (Å²) in [7, 11) is 0. The van der Waals surface area contributed by atoms with E-state index in [0.717, 1.165) is 8.95 Å². The van der Waals surface area contributed by atoms with Crippen LogP contribution in [0.5, 0.6) is 0 Å². The van der Waals surface area contributed by atoms with Crippen LogP contribution in [0.4, 0.5) is 0 Å². The van der Waals surface area contributed by atoms with Crippen molar-refractivity contribution in [2.75, 3.05) is 13.2 Å². The van der Waals surface area contributed by atoms with Crippen LogP contribution in [0.25, 0.3) is 0 Å². The number of benzene rings is 2. The Balaban J connectivity index is 1.77. The first kappa shape index (κ1) is 24.0. The fraction of sp³-hybridized carbons (Fsp3) is 0.182. The molecule has 0 heterocycles.